The summed E-state index contributed by atoms with van der Waals surface area (Å²) in [5, 5.41) is 15.5. The molecule has 0 fully saturated rings. The molecule has 0 aliphatic carbocycles. The predicted molar refractivity (Wildman–Crippen MR) is 93.8 cm³/mol. The van der Waals surface area contributed by atoms with Crippen LogP contribution in [0.3, 0.4) is 0 Å². The molecule has 0 saturated carbocycles. The van der Waals surface area contributed by atoms with E-state index in [9.17, 15) is 0 Å². The first kappa shape index (κ1) is 16.2. The highest BCUT2D eigenvalue weighted by Crippen LogP contribution is 2.22. The molecule has 0 amide bonds. The van der Waals surface area contributed by atoms with Crippen LogP contribution < -0.4 is 15.6 Å². The Morgan fingerprint density at radius 1 is 1.22 bits per heavy atom. The minimum absolute atomic E-state index is 0.518. The van der Waals surface area contributed by atoms with Crippen LogP contribution in [-0.2, 0) is 0 Å². The van der Waals surface area contributed by atoms with Crippen molar-refractivity contribution in [1.82, 2.24) is 9.97 Å². The van der Waals surface area contributed by atoms with Crippen molar-refractivity contribution in [3.05, 3.63) is 61.6 Å². The maximum Gasteiger partial charge on any atom is 0.229 e. The van der Waals surface area contributed by atoms with Crippen molar-refractivity contribution in [2.45, 2.75) is 6.92 Å². The van der Waals surface area contributed by atoms with Gasteiger partial charge in [-0.2, -0.15) is 4.98 Å². The van der Waals surface area contributed by atoms with E-state index < -0.39 is 0 Å². The Hall–Kier alpha value is -3.22. The van der Waals surface area contributed by atoms with Crippen LogP contribution in [0.2, 0.25) is 0 Å². The fourth-order valence-electron chi connectivity index (χ4n) is 1.89. The number of nitrogens with zero attached hydrogens (tertiary/aromatic N) is 5. The molecule has 0 unspecified atom stereocenters. The summed E-state index contributed by atoms with van der Waals surface area (Å²) < 4.78 is 0. The van der Waals surface area contributed by atoms with Crippen molar-refractivity contribution in [3.63, 3.8) is 0 Å². The minimum Gasteiger partial charge on any atom is -0.373 e. The van der Waals surface area contributed by atoms with Crippen molar-refractivity contribution in [3.8, 4) is 0 Å². The minimum atomic E-state index is 0.518. The average Bonchev–Trinajstić information content (AvgIpc) is 2.55. The largest absolute Gasteiger partial charge is 0.373 e. The molecule has 1 aromatic heterocycles. The number of nitrogens with one attached hydrogen (secondary N) is 2. The summed E-state index contributed by atoms with van der Waals surface area (Å²) in [6.07, 6.45) is 2.92. The Balaban J connectivity index is 2.26. The van der Waals surface area contributed by atoms with Gasteiger partial charge in [0.25, 0.3) is 0 Å². The van der Waals surface area contributed by atoms with Crippen LogP contribution in [0.15, 0.2) is 66.2 Å². The summed E-state index contributed by atoms with van der Waals surface area (Å²) in [6.45, 7) is 9.14. The lowest BCUT2D eigenvalue weighted by atomic mass is 10.2. The third kappa shape index (κ3) is 4.37. The van der Waals surface area contributed by atoms with Gasteiger partial charge in [0.1, 0.15) is 5.82 Å². The zero-order valence-electron chi connectivity index (χ0n) is 13.2. The Kier molecular flexibility index (Phi) is 5.40. The van der Waals surface area contributed by atoms with E-state index in [1.165, 1.54) is 6.20 Å². The molecule has 7 heteroatoms. The van der Waals surface area contributed by atoms with Crippen molar-refractivity contribution in [1.29, 1.82) is 0 Å². The highest BCUT2D eigenvalue weighted by Gasteiger charge is 2.05. The standard InChI is InChI=1S/C16H19N7/c1-5-18-22-23(6-2)14-9-7-8-13(11-14)20-16-19-12(3)10-15(17-4)21-16/h5-11H,1-2H2,3-4H3,(H2,17,19,20,21). The van der Waals surface area contributed by atoms with Crippen LogP contribution in [0.4, 0.5) is 23.1 Å². The lowest BCUT2D eigenvalue weighted by Crippen LogP contribution is -2.06. The van der Waals surface area contributed by atoms with Crippen LogP contribution in [-0.4, -0.2) is 17.0 Å². The van der Waals surface area contributed by atoms with E-state index in [0.29, 0.717) is 5.95 Å². The molecule has 0 aliphatic heterocycles. The van der Waals surface area contributed by atoms with E-state index in [2.05, 4.69) is 44.1 Å². The van der Waals surface area contributed by atoms with Crippen LogP contribution in [0, 0.1) is 6.92 Å². The number of rotatable bonds is 7. The van der Waals surface area contributed by atoms with Gasteiger partial charge in [0.15, 0.2) is 0 Å². The van der Waals surface area contributed by atoms with E-state index in [0.717, 1.165) is 22.9 Å². The van der Waals surface area contributed by atoms with Crippen molar-refractivity contribution in [2.75, 3.05) is 22.7 Å². The molecule has 0 radical (unpaired) electrons. The summed E-state index contributed by atoms with van der Waals surface area (Å²) >= 11 is 0. The van der Waals surface area contributed by atoms with E-state index >= 15 is 0 Å². The van der Waals surface area contributed by atoms with Gasteiger partial charge in [-0.25, -0.2) is 9.99 Å². The number of aromatic nitrogens is 2. The second kappa shape index (κ2) is 7.69. The fourth-order valence-corrected chi connectivity index (χ4v) is 1.89. The van der Waals surface area contributed by atoms with E-state index in [1.54, 1.807) is 11.2 Å². The highest BCUT2D eigenvalue weighted by molar-refractivity contribution is 5.63. The third-order valence-corrected chi connectivity index (χ3v) is 2.88. The molecule has 1 heterocycles. The second-order valence-corrected chi connectivity index (χ2v) is 4.56. The first-order valence-electron chi connectivity index (χ1n) is 7.00. The zero-order valence-corrected chi connectivity index (χ0v) is 13.2. The van der Waals surface area contributed by atoms with Crippen LogP contribution >= 0.6 is 0 Å². The van der Waals surface area contributed by atoms with Gasteiger partial charge in [-0.05, 0) is 25.1 Å². The first-order chi connectivity index (χ1) is 11.2. The number of anilines is 4. The third-order valence-electron chi connectivity index (χ3n) is 2.88. The van der Waals surface area contributed by atoms with E-state index in [1.807, 2.05) is 44.3 Å². The van der Waals surface area contributed by atoms with Crippen LogP contribution in [0.1, 0.15) is 5.69 Å². The Labute approximate surface area is 135 Å². The normalized spacial score (nSPS) is 10.3. The molecule has 7 nitrogen and oxygen atoms in total. The molecule has 0 spiro atoms. The predicted octanol–water partition coefficient (Wildman–Crippen LogP) is 4.03. The SMILES string of the molecule is C=CN=NN(C=C)c1cccc(Nc2nc(C)cc(NC)n2)c1. The van der Waals surface area contributed by atoms with Crippen LogP contribution in [0.5, 0.6) is 0 Å². The van der Waals surface area contributed by atoms with E-state index in [-0.39, 0.29) is 0 Å². The van der Waals surface area contributed by atoms with Gasteiger partial charge in [0.05, 0.1) is 5.69 Å². The number of hydrogen-bond donors (Lipinski definition) is 2. The maximum atomic E-state index is 4.37. The lowest BCUT2D eigenvalue weighted by Gasteiger charge is -2.14. The first-order valence-corrected chi connectivity index (χ1v) is 7.00. The van der Waals surface area contributed by atoms with Gasteiger partial charge in [-0.15, -0.1) is 5.11 Å². The summed E-state index contributed by atoms with van der Waals surface area (Å²) in [4.78, 5) is 8.74. The van der Waals surface area contributed by atoms with Crippen LogP contribution in [0.25, 0.3) is 0 Å². The van der Waals surface area contributed by atoms with Crippen molar-refractivity contribution in [2.24, 2.45) is 10.3 Å². The van der Waals surface area contributed by atoms with E-state index in [4.69, 9.17) is 0 Å². The molecule has 0 aliphatic rings. The molecule has 23 heavy (non-hydrogen) atoms. The van der Waals surface area contributed by atoms with Crippen molar-refractivity contribution < 1.29 is 0 Å². The summed E-state index contributed by atoms with van der Waals surface area (Å²) in [6, 6.07) is 9.48. The molecule has 2 rings (SSSR count). The monoisotopic (exact) mass is 309 g/mol. The molecule has 0 atom stereocenters. The Morgan fingerprint density at radius 3 is 2.74 bits per heavy atom. The summed E-state index contributed by atoms with van der Waals surface area (Å²) in [7, 11) is 1.82. The molecule has 0 bridgehead atoms. The molecular weight excluding hydrogens is 290 g/mol. The Morgan fingerprint density at radius 2 is 2.04 bits per heavy atom. The number of benzene rings is 1. The molecule has 118 valence electrons. The average molecular weight is 309 g/mol. The van der Waals surface area contributed by atoms with Gasteiger partial charge < -0.3 is 10.6 Å². The summed E-state index contributed by atoms with van der Waals surface area (Å²) in [5.74, 6) is 1.27. The topological polar surface area (TPSA) is 77.8 Å². The second-order valence-electron chi connectivity index (χ2n) is 4.56. The number of aryl methyl sites for hydroxylation is 1. The fraction of sp³-hybridized carbons (Fsp3) is 0.125. The molecule has 0 saturated heterocycles. The van der Waals surface area contributed by atoms with Gasteiger partial charge in [-0.3, -0.25) is 0 Å². The molecule has 1 aromatic carbocycles. The number of hydrogen-bond acceptors (Lipinski definition) is 6. The van der Waals surface area contributed by atoms with Gasteiger partial charge in [-0.1, -0.05) is 24.4 Å². The lowest BCUT2D eigenvalue weighted by molar-refractivity contribution is 0.966. The van der Waals surface area contributed by atoms with Crippen molar-refractivity contribution >= 4 is 23.1 Å². The Bertz CT molecular complexity index is 724. The quantitative estimate of drug-likeness (QED) is 0.596. The van der Waals surface area contributed by atoms with Gasteiger partial charge >= 0.3 is 0 Å². The smallest absolute Gasteiger partial charge is 0.229 e. The zero-order chi connectivity index (χ0) is 16.7. The maximum absolute atomic E-state index is 4.37. The molecule has 2 aromatic rings. The summed E-state index contributed by atoms with van der Waals surface area (Å²) in [5.41, 5.74) is 2.50. The highest BCUT2D eigenvalue weighted by atomic mass is 15.5. The molecular formula is C16H19N7. The van der Waals surface area contributed by atoms with Gasteiger partial charge in [0, 0.05) is 36.9 Å². The molecule has 2 N–H and O–H groups in total. The van der Waals surface area contributed by atoms with Gasteiger partial charge in [0.2, 0.25) is 5.95 Å².